The van der Waals surface area contributed by atoms with E-state index < -0.39 is 9.84 Å². The Kier molecular flexibility index (Phi) is 6.24. The number of nitrogens with one attached hydrogen (secondary N) is 1. The molecule has 1 aromatic rings. The molecule has 0 aliphatic carbocycles. The van der Waals surface area contributed by atoms with Crippen LogP contribution in [0.25, 0.3) is 0 Å². The molecule has 1 saturated heterocycles. The average Bonchev–Trinajstić information content (AvgIpc) is 3.08. The van der Waals surface area contributed by atoms with Gasteiger partial charge in [0.05, 0.1) is 12.0 Å². The number of sulfone groups is 1. The van der Waals surface area contributed by atoms with Crippen LogP contribution in [0.3, 0.4) is 0 Å². The van der Waals surface area contributed by atoms with Crippen LogP contribution in [0.15, 0.2) is 27.8 Å². The Labute approximate surface area is 142 Å². The molecule has 1 aliphatic heterocycles. The first-order valence-electron chi connectivity index (χ1n) is 7.87. The molecule has 1 aliphatic rings. The van der Waals surface area contributed by atoms with Crippen LogP contribution in [0, 0.1) is 0 Å². The second kappa shape index (κ2) is 8.18. The van der Waals surface area contributed by atoms with Gasteiger partial charge in [-0.1, -0.05) is 0 Å². The van der Waals surface area contributed by atoms with Crippen LogP contribution >= 0.6 is 0 Å². The standard InChI is InChI=1S/C15H24N4O4S/c1-16-15(17-6-4-12-24(2,21)22)19-9-7-18(8-10-19)14(20)13-5-3-11-23-13/h3,5,11H,4,6-10,12H2,1-2H3,(H,16,17). The lowest BCUT2D eigenvalue weighted by molar-refractivity contribution is 0.0658. The summed E-state index contributed by atoms with van der Waals surface area (Å²) in [5.41, 5.74) is 0. The van der Waals surface area contributed by atoms with E-state index in [9.17, 15) is 13.2 Å². The highest BCUT2D eigenvalue weighted by molar-refractivity contribution is 7.90. The van der Waals surface area contributed by atoms with Gasteiger partial charge in [-0.15, -0.1) is 0 Å². The molecule has 0 atom stereocenters. The fraction of sp³-hybridized carbons (Fsp3) is 0.600. The van der Waals surface area contributed by atoms with Crippen molar-refractivity contribution in [2.75, 3.05) is 51.8 Å². The monoisotopic (exact) mass is 356 g/mol. The molecular weight excluding hydrogens is 332 g/mol. The fourth-order valence-corrected chi connectivity index (χ4v) is 3.21. The first-order chi connectivity index (χ1) is 11.4. The van der Waals surface area contributed by atoms with Gasteiger partial charge < -0.3 is 19.5 Å². The van der Waals surface area contributed by atoms with Gasteiger partial charge in [-0.25, -0.2) is 8.42 Å². The molecular formula is C15H24N4O4S. The lowest BCUT2D eigenvalue weighted by atomic mass is 10.3. The summed E-state index contributed by atoms with van der Waals surface area (Å²) in [7, 11) is -1.24. The molecule has 134 valence electrons. The third kappa shape index (κ3) is 5.26. The maximum absolute atomic E-state index is 12.2. The van der Waals surface area contributed by atoms with E-state index in [0.29, 0.717) is 44.9 Å². The lowest BCUT2D eigenvalue weighted by Gasteiger charge is -2.36. The summed E-state index contributed by atoms with van der Waals surface area (Å²) in [5, 5.41) is 3.17. The van der Waals surface area contributed by atoms with Crippen molar-refractivity contribution >= 4 is 21.7 Å². The number of amides is 1. The van der Waals surface area contributed by atoms with Crippen LogP contribution in [0.4, 0.5) is 0 Å². The molecule has 24 heavy (non-hydrogen) atoms. The molecule has 1 amide bonds. The van der Waals surface area contributed by atoms with Crippen LogP contribution in [-0.2, 0) is 9.84 Å². The molecule has 0 saturated carbocycles. The van der Waals surface area contributed by atoms with Crippen molar-refractivity contribution in [3.63, 3.8) is 0 Å². The minimum absolute atomic E-state index is 0.101. The topological polar surface area (TPSA) is 95.2 Å². The van der Waals surface area contributed by atoms with E-state index in [2.05, 4.69) is 15.2 Å². The van der Waals surface area contributed by atoms with Gasteiger partial charge in [0.15, 0.2) is 11.7 Å². The Morgan fingerprint density at radius 1 is 1.29 bits per heavy atom. The molecule has 0 spiro atoms. The average molecular weight is 356 g/mol. The zero-order valence-corrected chi connectivity index (χ0v) is 14.9. The van der Waals surface area contributed by atoms with Crippen molar-refractivity contribution < 1.29 is 17.6 Å². The molecule has 0 radical (unpaired) electrons. The summed E-state index contributed by atoms with van der Waals surface area (Å²) in [4.78, 5) is 20.3. The number of carbonyl (C=O) groups is 1. The first-order valence-corrected chi connectivity index (χ1v) is 9.93. The van der Waals surface area contributed by atoms with Gasteiger partial charge in [-0.3, -0.25) is 9.79 Å². The number of aliphatic imine (C=N–C) groups is 1. The lowest BCUT2D eigenvalue weighted by Crippen LogP contribution is -2.53. The van der Waals surface area contributed by atoms with Crippen molar-refractivity contribution in [1.82, 2.24) is 15.1 Å². The zero-order chi connectivity index (χ0) is 17.6. The van der Waals surface area contributed by atoms with Crippen LogP contribution in [0.1, 0.15) is 17.0 Å². The summed E-state index contributed by atoms with van der Waals surface area (Å²) in [6.45, 7) is 3.05. The van der Waals surface area contributed by atoms with E-state index in [1.807, 2.05) is 0 Å². The van der Waals surface area contributed by atoms with Crippen LogP contribution in [0.5, 0.6) is 0 Å². The fourth-order valence-electron chi connectivity index (χ4n) is 2.54. The number of carbonyl (C=O) groups excluding carboxylic acids is 1. The number of hydrogen-bond donors (Lipinski definition) is 1. The largest absolute Gasteiger partial charge is 0.459 e. The number of rotatable bonds is 5. The molecule has 1 aromatic heterocycles. The normalized spacial score (nSPS) is 16.3. The van der Waals surface area contributed by atoms with Gasteiger partial charge in [0, 0.05) is 46.0 Å². The molecule has 1 fully saturated rings. The minimum Gasteiger partial charge on any atom is -0.459 e. The highest BCUT2D eigenvalue weighted by Gasteiger charge is 2.25. The molecule has 0 aromatic carbocycles. The van der Waals surface area contributed by atoms with Crippen LogP contribution in [0.2, 0.25) is 0 Å². The van der Waals surface area contributed by atoms with E-state index in [0.717, 1.165) is 5.96 Å². The van der Waals surface area contributed by atoms with Crippen molar-refractivity contribution in [1.29, 1.82) is 0 Å². The predicted octanol–water partition coefficient (Wildman–Crippen LogP) is 0.0475. The van der Waals surface area contributed by atoms with Gasteiger partial charge in [0.2, 0.25) is 0 Å². The zero-order valence-electron chi connectivity index (χ0n) is 14.1. The van der Waals surface area contributed by atoms with Crippen molar-refractivity contribution in [3.05, 3.63) is 24.2 Å². The van der Waals surface area contributed by atoms with E-state index in [4.69, 9.17) is 4.42 Å². The summed E-state index contributed by atoms with van der Waals surface area (Å²) in [5.74, 6) is 1.14. The summed E-state index contributed by atoms with van der Waals surface area (Å²) < 4.78 is 27.4. The summed E-state index contributed by atoms with van der Waals surface area (Å²) in [6, 6.07) is 3.36. The molecule has 9 heteroatoms. The van der Waals surface area contributed by atoms with Crippen molar-refractivity contribution in [3.8, 4) is 0 Å². The highest BCUT2D eigenvalue weighted by Crippen LogP contribution is 2.09. The molecule has 2 heterocycles. The van der Waals surface area contributed by atoms with E-state index in [-0.39, 0.29) is 11.7 Å². The summed E-state index contributed by atoms with van der Waals surface area (Å²) >= 11 is 0. The van der Waals surface area contributed by atoms with Gasteiger partial charge in [0.1, 0.15) is 9.84 Å². The third-order valence-corrected chi connectivity index (χ3v) is 4.82. The maximum Gasteiger partial charge on any atom is 0.289 e. The quantitative estimate of drug-likeness (QED) is 0.455. The molecule has 2 rings (SSSR count). The molecule has 8 nitrogen and oxygen atoms in total. The SMILES string of the molecule is CN=C(NCCCS(C)(=O)=O)N1CCN(C(=O)c2ccco2)CC1. The molecule has 1 N–H and O–H groups in total. The van der Waals surface area contributed by atoms with Gasteiger partial charge in [-0.05, 0) is 18.6 Å². The second-order valence-corrected chi connectivity index (χ2v) is 7.97. The minimum atomic E-state index is -2.94. The first kappa shape index (κ1) is 18.3. The van der Waals surface area contributed by atoms with Crippen molar-refractivity contribution in [2.45, 2.75) is 6.42 Å². The van der Waals surface area contributed by atoms with E-state index in [1.165, 1.54) is 12.5 Å². The van der Waals surface area contributed by atoms with Crippen molar-refractivity contribution in [2.24, 2.45) is 4.99 Å². The van der Waals surface area contributed by atoms with Gasteiger partial charge in [-0.2, -0.15) is 0 Å². The highest BCUT2D eigenvalue weighted by atomic mass is 32.2. The van der Waals surface area contributed by atoms with Gasteiger partial charge >= 0.3 is 0 Å². The second-order valence-electron chi connectivity index (χ2n) is 5.71. The Balaban J connectivity index is 1.78. The number of furan rings is 1. The number of piperazine rings is 1. The Morgan fingerprint density at radius 3 is 2.50 bits per heavy atom. The van der Waals surface area contributed by atoms with Gasteiger partial charge in [0.25, 0.3) is 5.91 Å². The summed E-state index contributed by atoms with van der Waals surface area (Å²) in [6.07, 6.45) is 3.26. The Bertz CT molecular complexity index is 662. The van der Waals surface area contributed by atoms with Crippen LogP contribution in [-0.4, -0.2) is 81.9 Å². The maximum atomic E-state index is 12.2. The smallest absolute Gasteiger partial charge is 0.289 e. The molecule has 0 unspecified atom stereocenters. The Morgan fingerprint density at radius 2 is 1.96 bits per heavy atom. The number of guanidine groups is 1. The number of nitrogens with zero attached hydrogens (tertiary/aromatic N) is 3. The third-order valence-electron chi connectivity index (χ3n) is 3.79. The van der Waals surface area contributed by atoms with E-state index >= 15 is 0 Å². The van der Waals surface area contributed by atoms with E-state index in [1.54, 1.807) is 24.1 Å². The molecule has 0 bridgehead atoms. The van der Waals surface area contributed by atoms with Crippen LogP contribution < -0.4 is 5.32 Å². The Hall–Kier alpha value is -2.03. The number of hydrogen-bond acceptors (Lipinski definition) is 5. The predicted molar refractivity (Wildman–Crippen MR) is 91.9 cm³/mol.